The second-order valence-electron chi connectivity index (χ2n) is 4.15. The molecule has 0 aromatic carbocycles. The molecule has 0 atom stereocenters. The normalized spacial score (nSPS) is 10.3. The summed E-state index contributed by atoms with van der Waals surface area (Å²) in [4.78, 5) is 8.49. The third-order valence-corrected chi connectivity index (χ3v) is 3.29. The highest BCUT2D eigenvalue weighted by molar-refractivity contribution is 9.10. The zero-order valence-corrected chi connectivity index (χ0v) is 12.7. The molecule has 0 radical (unpaired) electrons. The maximum absolute atomic E-state index is 5.67. The molecule has 2 rings (SSSR count). The van der Waals surface area contributed by atoms with Gasteiger partial charge in [-0.1, -0.05) is 0 Å². The highest BCUT2D eigenvalue weighted by Gasteiger charge is 2.09. The van der Waals surface area contributed by atoms with Gasteiger partial charge in [-0.3, -0.25) is 4.98 Å². The Bertz CT molecular complexity index is 570. The van der Waals surface area contributed by atoms with Crippen LogP contribution in [0.25, 0.3) is 0 Å². The molecule has 0 spiro atoms. The Kier molecular flexibility index (Phi) is 4.37. The summed E-state index contributed by atoms with van der Waals surface area (Å²) >= 11 is 3.28. The van der Waals surface area contributed by atoms with E-state index in [2.05, 4.69) is 25.9 Å². The predicted molar refractivity (Wildman–Crippen MR) is 76.5 cm³/mol. The molecule has 2 heterocycles. The van der Waals surface area contributed by atoms with Crippen LogP contribution in [-0.4, -0.2) is 17.1 Å². The van der Waals surface area contributed by atoms with Crippen LogP contribution in [0.1, 0.15) is 16.8 Å². The highest BCUT2D eigenvalue weighted by Crippen LogP contribution is 2.24. The van der Waals surface area contributed by atoms with E-state index in [9.17, 15) is 0 Å². The topological polar surface area (TPSA) is 44.2 Å². The van der Waals surface area contributed by atoms with Crippen molar-refractivity contribution in [1.82, 2.24) is 9.97 Å². The Morgan fingerprint density at radius 3 is 2.58 bits per heavy atom. The van der Waals surface area contributed by atoms with E-state index >= 15 is 0 Å². The predicted octanol–water partition coefficient (Wildman–Crippen LogP) is 3.44. The van der Waals surface area contributed by atoms with Crippen LogP contribution in [0.4, 0.5) is 0 Å². The fraction of sp³-hybridized carbons (Fsp3) is 0.286. The minimum Gasteiger partial charge on any atom is -0.496 e. The summed E-state index contributed by atoms with van der Waals surface area (Å²) in [7, 11) is 1.67. The monoisotopic (exact) mass is 322 g/mol. The average Bonchev–Trinajstić information content (AvgIpc) is 2.40. The van der Waals surface area contributed by atoms with Gasteiger partial charge >= 0.3 is 0 Å². The lowest BCUT2D eigenvalue weighted by atomic mass is 10.1. The van der Waals surface area contributed by atoms with Crippen molar-refractivity contribution in [3.8, 4) is 11.5 Å². The second-order valence-corrected chi connectivity index (χ2v) is 4.96. The molecule has 0 unspecified atom stereocenters. The largest absolute Gasteiger partial charge is 0.496 e. The van der Waals surface area contributed by atoms with Crippen molar-refractivity contribution in [2.75, 3.05) is 7.11 Å². The van der Waals surface area contributed by atoms with E-state index in [4.69, 9.17) is 9.47 Å². The molecule has 0 aliphatic rings. The van der Waals surface area contributed by atoms with Crippen LogP contribution in [0.5, 0.6) is 11.5 Å². The van der Waals surface area contributed by atoms with E-state index in [1.807, 2.05) is 26.0 Å². The number of nitrogens with zero attached hydrogens (tertiary/aromatic N) is 2. The molecule has 2 aromatic heterocycles. The van der Waals surface area contributed by atoms with Gasteiger partial charge in [0.25, 0.3) is 0 Å². The fourth-order valence-corrected chi connectivity index (χ4v) is 2.05. The summed E-state index contributed by atoms with van der Waals surface area (Å²) in [6.07, 6.45) is 3.47. The third-order valence-electron chi connectivity index (χ3n) is 2.83. The van der Waals surface area contributed by atoms with Crippen LogP contribution < -0.4 is 9.47 Å². The Hall–Kier alpha value is -1.62. The number of pyridine rings is 2. The molecule has 0 saturated heterocycles. The number of hydrogen-bond acceptors (Lipinski definition) is 4. The van der Waals surface area contributed by atoms with Crippen LogP contribution in [0.2, 0.25) is 0 Å². The summed E-state index contributed by atoms with van der Waals surface area (Å²) in [6.45, 7) is 4.35. The lowest BCUT2D eigenvalue weighted by Crippen LogP contribution is -2.04. The molecule has 5 heteroatoms. The van der Waals surface area contributed by atoms with E-state index in [0.717, 1.165) is 27.2 Å². The molecular weight excluding hydrogens is 308 g/mol. The molecule has 0 aliphatic heterocycles. The van der Waals surface area contributed by atoms with E-state index in [1.165, 1.54) is 0 Å². The van der Waals surface area contributed by atoms with Gasteiger partial charge in [0.2, 0.25) is 0 Å². The van der Waals surface area contributed by atoms with Gasteiger partial charge in [-0.05, 0) is 41.9 Å². The zero-order chi connectivity index (χ0) is 13.8. The Morgan fingerprint density at radius 1 is 1.16 bits per heavy atom. The fourth-order valence-electron chi connectivity index (χ4n) is 1.82. The third kappa shape index (κ3) is 3.23. The average molecular weight is 323 g/mol. The van der Waals surface area contributed by atoms with Crippen molar-refractivity contribution < 1.29 is 9.47 Å². The number of rotatable bonds is 4. The summed E-state index contributed by atoms with van der Waals surface area (Å²) in [5.74, 6) is 1.58. The minimum absolute atomic E-state index is 0.395. The Labute approximate surface area is 120 Å². The lowest BCUT2D eigenvalue weighted by Gasteiger charge is -2.12. The first kappa shape index (κ1) is 13.8. The van der Waals surface area contributed by atoms with Crippen molar-refractivity contribution in [3.63, 3.8) is 0 Å². The van der Waals surface area contributed by atoms with Gasteiger partial charge in [0.05, 0.1) is 19.0 Å². The molecule has 100 valence electrons. The van der Waals surface area contributed by atoms with Gasteiger partial charge in [-0.25, -0.2) is 4.98 Å². The van der Waals surface area contributed by atoms with E-state index in [-0.39, 0.29) is 0 Å². The standard InChI is InChI=1S/C14H15BrN2O2/c1-9-6-16-12(10(2)14(9)18-3)8-19-11-4-5-13(15)17-7-11/h4-7H,8H2,1-3H3. The summed E-state index contributed by atoms with van der Waals surface area (Å²) in [5, 5.41) is 0. The van der Waals surface area contributed by atoms with Gasteiger partial charge in [-0.2, -0.15) is 0 Å². The van der Waals surface area contributed by atoms with Gasteiger partial charge < -0.3 is 9.47 Å². The smallest absolute Gasteiger partial charge is 0.138 e. The van der Waals surface area contributed by atoms with Gasteiger partial charge in [0.15, 0.2) is 0 Å². The van der Waals surface area contributed by atoms with E-state index < -0.39 is 0 Å². The molecule has 0 amide bonds. The van der Waals surface area contributed by atoms with Crippen molar-refractivity contribution in [3.05, 3.63) is 46.0 Å². The van der Waals surface area contributed by atoms with Crippen molar-refractivity contribution in [2.45, 2.75) is 20.5 Å². The first-order chi connectivity index (χ1) is 9.11. The number of aromatic nitrogens is 2. The van der Waals surface area contributed by atoms with Crippen LogP contribution in [-0.2, 0) is 6.61 Å². The lowest BCUT2D eigenvalue weighted by molar-refractivity contribution is 0.297. The Balaban J connectivity index is 2.13. The van der Waals surface area contributed by atoms with Crippen molar-refractivity contribution >= 4 is 15.9 Å². The number of hydrogen-bond donors (Lipinski definition) is 0. The SMILES string of the molecule is COc1c(C)cnc(COc2ccc(Br)nc2)c1C. The van der Waals surface area contributed by atoms with Gasteiger partial charge in [-0.15, -0.1) is 0 Å². The number of aryl methyl sites for hydroxylation is 1. The first-order valence-corrected chi connectivity index (χ1v) is 6.64. The summed E-state index contributed by atoms with van der Waals surface area (Å²) in [6, 6.07) is 3.70. The molecule has 2 aromatic rings. The minimum atomic E-state index is 0.395. The van der Waals surface area contributed by atoms with Crippen LogP contribution >= 0.6 is 15.9 Å². The maximum atomic E-state index is 5.67. The van der Waals surface area contributed by atoms with Crippen LogP contribution in [0, 0.1) is 13.8 Å². The van der Waals surface area contributed by atoms with Crippen LogP contribution in [0.3, 0.4) is 0 Å². The molecule has 0 saturated carbocycles. The van der Waals surface area contributed by atoms with Gasteiger partial charge in [0.1, 0.15) is 22.7 Å². The summed E-state index contributed by atoms with van der Waals surface area (Å²) in [5.41, 5.74) is 2.90. The molecule has 0 aliphatic carbocycles. The number of methoxy groups -OCH3 is 1. The molecule has 0 N–H and O–H groups in total. The number of ether oxygens (including phenoxy) is 2. The van der Waals surface area contributed by atoms with E-state index in [1.54, 1.807) is 19.5 Å². The molecular formula is C14H15BrN2O2. The van der Waals surface area contributed by atoms with E-state index in [0.29, 0.717) is 12.4 Å². The quantitative estimate of drug-likeness (QED) is 0.809. The highest BCUT2D eigenvalue weighted by atomic mass is 79.9. The Morgan fingerprint density at radius 2 is 1.95 bits per heavy atom. The number of halogens is 1. The van der Waals surface area contributed by atoms with Crippen molar-refractivity contribution in [1.29, 1.82) is 0 Å². The molecule has 0 fully saturated rings. The molecule has 0 bridgehead atoms. The van der Waals surface area contributed by atoms with Gasteiger partial charge in [0, 0.05) is 17.3 Å². The maximum Gasteiger partial charge on any atom is 0.138 e. The zero-order valence-electron chi connectivity index (χ0n) is 11.1. The first-order valence-electron chi connectivity index (χ1n) is 5.85. The van der Waals surface area contributed by atoms with Crippen molar-refractivity contribution in [2.24, 2.45) is 0 Å². The summed E-state index contributed by atoms with van der Waals surface area (Å²) < 4.78 is 11.8. The molecule has 4 nitrogen and oxygen atoms in total. The molecule has 19 heavy (non-hydrogen) atoms. The van der Waals surface area contributed by atoms with Crippen LogP contribution in [0.15, 0.2) is 29.1 Å². The second kappa shape index (κ2) is 6.02.